The van der Waals surface area contributed by atoms with Crippen molar-refractivity contribution in [2.45, 2.75) is 20.8 Å². The van der Waals surface area contributed by atoms with E-state index in [0.29, 0.717) is 35.3 Å². The number of hydrogen-bond acceptors (Lipinski definition) is 6. The molecule has 0 atom stereocenters. The van der Waals surface area contributed by atoms with E-state index in [1.807, 2.05) is 20.8 Å². The minimum Gasteiger partial charge on any atom is -0.481 e. The molecule has 148 valence electrons. The number of hydrogen-bond donors (Lipinski definition) is 1. The number of pyridine rings is 2. The van der Waals surface area contributed by atoms with Crippen LogP contribution < -0.4 is 10.1 Å². The number of nitrogens with zero attached hydrogens (tertiary/aromatic N) is 6. The Balaban J connectivity index is 2.02. The van der Waals surface area contributed by atoms with E-state index >= 15 is 0 Å². The van der Waals surface area contributed by atoms with Crippen molar-refractivity contribution >= 4 is 11.6 Å². The Morgan fingerprint density at radius 1 is 1.21 bits per heavy atom. The van der Waals surface area contributed by atoms with E-state index in [1.54, 1.807) is 30.5 Å². The first-order valence-corrected chi connectivity index (χ1v) is 8.90. The average Bonchev–Trinajstić information content (AvgIpc) is 3.17. The maximum atomic E-state index is 12.6. The lowest BCUT2D eigenvalue weighted by molar-refractivity contribution is 0.0929. The van der Waals surface area contributed by atoms with Crippen molar-refractivity contribution < 1.29 is 9.53 Å². The van der Waals surface area contributed by atoms with Gasteiger partial charge in [-0.2, -0.15) is 0 Å². The van der Waals surface area contributed by atoms with Crippen LogP contribution in [0.5, 0.6) is 5.88 Å². The minimum absolute atomic E-state index is 0.0242. The summed E-state index contributed by atoms with van der Waals surface area (Å²) in [5.41, 5.74) is 1.42. The largest absolute Gasteiger partial charge is 0.481 e. The molecule has 0 aromatic carbocycles. The van der Waals surface area contributed by atoms with Gasteiger partial charge in [0.05, 0.1) is 25.6 Å². The zero-order valence-electron chi connectivity index (χ0n) is 16.7. The van der Waals surface area contributed by atoms with Crippen molar-refractivity contribution in [2.24, 2.45) is 5.41 Å². The van der Waals surface area contributed by atoms with Crippen LogP contribution in [0.25, 0.3) is 22.1 Å². The van der Waals surface area contributed by atoms with Gasteiger partial charge in [-0.05, 0) is 17.5 Å². The van der Waals surface area contributed by atoms with E-state index in [-0.39, 0.29) is 17.1 Å². The lowest BCUT2D eigenvalue weighted by atomic mass is 9.97. The Morgan fingerprint density at radius 3 is 2.55 bits per heavy atom. The van der Waals surface area contributed by atoms with Gasteiger partial charge in [0.25, 0.3) is 5.91 Å². The Bertz CT molecular complexity index is 1040. The molecule has 0 aliphatic carbocycles. The average molecular weight is 391 g/mol. The van der Waals surface area contributed by atoms with Gasteiger partial charge >= 0.3 is 0 Å². The van der Waals surface area contributed by atoms with E-state index in [0.717, 1.165) is 0 Å². The highest BCUT2D eigenvalue weighted by Gasteiger charge is 2.21. The fourth-order valence-electron chi connectivity index (χ4n) is 2.38. The summed E-state index contributed by atoms with van der Waals surface area (Å²) in [5.74, 6) is 0.475. The molecule has 29 heavy (non-hydrogen) atoms. The predicted octanol–water partition coefficient (Wildman–Crippen LogP) is 3.06. The number of nitrogens with one attached hydrogen (secondary N) is 1. The van der Waals surface area contributed by atoms with Crippen molar-refractivity contribution in [3.05, 3.63) is 53.9 Å². The predicted molar refractivity (Wildman–Crippen MR) is 107 cm³/mol. The maximum absolute atomic E-state index is 12.6. The molecule has 3 aromatic rings. The maximum Gasteiger partial charge on any atom is 0.291 e. The molecule has 1 amide bonds. The number of carbonyl (C=O) groups excluding carboxylic acids is 1. The van der Waals surface area contributed by atoms with Crippen LogP contribution in [0.4, 0.5) is 5.69 Å². The first-order valence-electron chi connectivity index (χ1n) is 8.90. The molecule has 1 N–H and O–H groups in total. The molecule has 3 rings (SSSR count). The van der Waals surface area contributed by atoms with Crippen molar-refractivity contribution in [3.63, 3.8) is 0 Å². The molecular formula is C20H21N7O2. The van der Waals surface area contributed by atoms with Crippen molar-refractivity contribution in [3.8, 4) is 23.1 Å². The van der Waals surface area contributed by atoms with Crippen molar-refractivity contribution in [1.29, 1.82) is 0 Å². The zero-order valence-corrected chi connectivity index (χ0v) is 16.7. The standard InChI is InChI=1S/C20H21N7O2/c1-20(2,3)12-24-19(28)17-25-18(15-8-6-13(21-4)10-22-15)27(26-17)14-7-9-16(29-5)23-11-14/h6-11H,12H2,1-3,5H3,(H,24,28). The molecule has 0 bridgehead atoms. The monoisotopic (exact) mass is 391 g/mol. The van der Waals surface area contributed by atoms with Crippen LogP contribution in [0.15, 0.2) is 36.7 Å². The summed E-state index contributed by atoms with van der Waals surface area (Å²) in [7, 11) is 1.53. The SMILES string of the molecule is [C-]#[N+]c1ccc(-c2nc(C(=O)NCC(C)(C)C)nn2-c2ccc(OC)nc2)nc1. The molecule has 3 aromatic heterocycles. The van der Waals surface area contributed by atoms with Crippen LogP contribution in [-0.4, -0.2) is 44.3 Å². The van der Waals surface area contributed by atoms with E-state index < -0.39 is 0 Å². The second kappa shape index (κ2) is 8.06. The van der Waals surface area contributed by atoms with Gasteiger partial charge in [-0.15, -0.1) is 5.10 Å². The van der Waals surface area contributed by atoms with E-state index in [1.165, 1.54) is 18.0 Å². The van der Waals surface area contributed by atoms with Gasteiger partial charge in [0, 0.05) is 18.8 Å². The number of carbonyl (C=O) groups is 1. The molecular weight excluding hydrogens is 370 g/mol. The van der Waals surface area contributed by atoms with Gasteiger partial charge in [0.15, 0.2) is 5.82 Å². The summed E-state index contributed by atoms with van der Waals surface area (Å²) in [4.78, 5) is 28.8. The quantitative estimate of drug-likeness (QED) is 0.671. The van der Waals surface area contributed by atoms with Gasteiger partial charge in [-0.1, -0.05) is 26.8 Å². The molecule has 0 aliphatic rings. The summed E-state index contributed by atoms with van der Waals surface area (Å²) in [6, 6.07) is 6.76. The van der Waals surface area contributed by atoms with Crippen molar-refractivity contribution in [2.75, 3.05) is 13.7 Å². The third-order valence-electron chi connectivity index (χ3n) is 3.87. The highest BCUT2D eigenvalue weighted by Crippen LogP contribution is 2.22. The van der Waals surface area contributed by atoms with Gasteiger partial charge in [-0.3, -0.25) is 9.78 Å². The molecule has 0 radical (unpaired) electrons. The summed E-state index contributed by atoms with van der Waals surface area (Å²) < 4.78 is 6.59. The van der Waals surface area contributed by atoms with Gasteiger partial charge < -0.3 is 10.1 Å². The van der Waals surface area contributed by atoms with Crippen LogP contribution in [0.2, 0.25) is 0 Å². The first-order chi connectivity index (χ1) is 13.8. The normalized spacial score (nSPS) is 11.0. The van der Waals surface area contributed by atoms with Crippen LogP contribution in [0.3, 0.4) is 0 Å². The van der Waals surface area contributed by atoms with Crippen LogP contribution >= 0.6 is 0 Å². The van der Waals surface area contributed by atoms with E-state index in [2.05, 4.69) is 30.2 Å². The Morgan fingerprint density at radius 2 is 2.00 bits per heavy atom. The molecule has 3 heterocycles. The highest BCUT2D eigenvalue weighted by atomic mass is 16.5. The Hall–Kier alpha value is -3.80. The zero-order chi connectivity index (χ0) is 21.0. The molecule has 0 saturated carbocycles. The van der Waals surface area contributed by atoms with Crippen LogP contribution in [-0.2, 0) is 0 Å². The van der Waals surface area contributed by atoms with Gasteiger partial charge in [0.1, 0.15) is 5.69 Å². The second-order valence-corrected chi connectivity index (χ2v) is 7.49. The van der Waals surface area contributed by atoms with Gasteiger partial charge in [-0.25, -0.2) is 19.5 Å². The van der Waals surface area contributed by atoms with Crippen LogP contribution in [0.1, 0.15) is 31.4 Å². The van der Waals surface area contributed by atoms with Crippen LogP contribution in [0, 0.1) is 12.0 Å². The third-order valence-corrected chi connectivity index (χ3v) is 3.87. The summed E-state index contributed by atoms with van der Waals surface area (Å²) in [6.45, 7) is 13.6. The molecule has 0 fully saturated rings. The molecule has 0 aliphatic heterocycles. The molecule has 9 heteroatoms. The number of rotatable bonds is 5. The smallest absolute Gasteiger partial charge is 0.291 e. The Kier molecular flexibility index (Phi) is 5.54. The first kappa shape index (κ1) is 19.9. The number of aromatic nitrogens is 5. The van der Waals surface area contributed by atoms with Crippen molar-refractivity contribution in [1.82, 2.24) is 30.0 Å². The number of ether oxygens (including phenoxy) is 1. The summed E-state index contributed by atoms with van der Waals surface area (Å²) in [6.07, 6.45) is 3.02. The lowest BCUT2D eigenvalue weighted by Crippen LogP contribution is -2.32. The lowest BCUT2D eigenvalue weighted by Gasteiger charge is -2.17. The fraction of sp³-hybridized carbons (Fsp3) is 0.300. The molecule has 0 spiro atoms. The van der Waals surface area contributed by atoms with Gasteiger partial charge in [0.2, 0.25) is 17.4 Å². The second-order valence-electron chi connectivity index (χ2n) is 7.49. The minimum atomic E-state index is -0.376. The summed E-state index contributed by atoms with van der Waals surface area (Å²) in [5, 5.41) is 7.21. The summed E-state index contributed by atoms with van der Waals surface area (Å²) >= 11 is 0. The third kappa shape index (κ3) is 4.73. The number of methoxy groups -OCH3 is 1. The molecule has 0 saturated heterocycles. The fourth-order valence-corrected chi connectivity index (χ4v) is 2.38. The highest BCUT2D eigenvalue weighted by molar-refractivity contribution is 5.91. The topological polar surface area (TPSA) is 99.2 Å². The Labute approximate surface area is 168 Å². The molecule has 0 unspecified atom stereocenters. The number of amides is 1. The van der Waals surface area contributed by atoms with E-state index in [9.17, 15) is 4.79 Å². The van der Waals surface area contributed by atoms with E-state index in [4.69, 9.17) is 11.3 Å². The molecule has 9 nitrogen and oxygen atoms in total.